The molecule has 18 heavy (non-hydrogen) atoms. The van der Waals surface area contributed by atoms with Crippen molar-refractivity contribution in [2.45, 2.75) is 6.18 Å². The van der Waals surface area contributed by atoms with Crippen LogP contribution in [0, 0.1) is 11.6 Å². The SMILES string of the molecule is Fc1ccc(N2CCNCC2)c(C(F)(F)F)c1F. The molecular formula is C11H11F5N2. The number of hydrogen-bond acceptors (Lipinski definition) is 2. The Balaban J connectivity index is 2.49. The van der Waals surface area contributed by atoms with Gasteiger partial charge in [0, 0.05) is 26.2 Å². The van der Waals surface area contributed by atoms with Crippen LogP contribution >= 0.6 is 0 Å². The number of piperazine rings is 1. The van der Waals surface area contributed by atoms with Crippen molar-refractivity contribution in [3.8, 4) is 0 Å². The lowest BCUT2D eigenvalue weighted by atomic mass is 10.1. The van der Waals surface area contributed by atoms with Crippen LogP contribution < -0.4 is 10.2 Å². The Bertz CT molecular complexity index is 438. The average Bonchev–Trinajstić information content (AvgIpc) is 2.32. The summed E-state index contributed by atoms with van der Waals surface area (Å²) in [6.45, 7) is 1.68. The van der Waals surface area contributed by atoms with Crippen LogP contribution in [-0.2, 0) is 6.18 Å². The molecule has 0 atom stereocenters. The zero-order valence-electron chi connectivity index (χ0n) is 9.32. The molecule has 0 saturated carbocycles. The van der Waals surface area contributed by atoms with E-state index in [4.69, 9.17) is 0 Å². The van der Waals surface area contributed by atoms with E-state index in [1.807, 2.05) is 0 Å². The van der Waals surface area contributed by atoms with Crippen LogP contribution in [-0.4, -0.2) is 26.2 Å². The van der Waals surface area contributed by atoms with Gasteiger partial charge in [0.15, 0.2) is 11.6 Å². The fraction of sp³-hybridized carbons (Fsp3) is 0.455. The molecule has 1 saturated heterocycles. The third kappa shape index (κ3) is 2.40. The fourth-order valence-corrected chi connectivity index (χ4v) is 1.98. The van der Waals surface area contributed by atoms with Crippen LogP contribution in [0.15, 0.2) is 12.1 Å². The van der Waals surface area contributed by atoms with Gasteiger partial charge in [-0.15, -0.1) is 0 Å². The lowest BCUT2D eigenvalue weighted by Gasteiger charge is -2.31. The van der Waals surface area contributed by atoms with Crippen molar-refractivity contribution < 1.29 is 22.0 Å². The van der Waals surface area contributed by atoms with Crippen molar-refractivity contribution in [2.75, 3.05) is 31.1 Å². The standard InChI is InChI=1S/C11H11F5N2/c12-7-1-2-8(18-5-3-17-4-6-18)9(10(7)13)11(14,15)16/h1-2,17H,3-6H2. The average molecular weight is 266 g/mol. The Kier molecular flexibility index (Phi) is 3.43. The van der Waals surface area contributed by atoms with E-state index in [-0.39, 0.29) is 5.69 Å². The zero-order valence-corrected chi connectivity index (χ0v) is 9.32. The van der Waals surface area contributed by atoms with Gasteiger partial charge in [-0.25, -0.2) is 8.78 Å². The molecule has 2 nitrogen and oxygen atoms in total. The van der Waals surface area contributed by atoms with E-state index in [1.165, 1.54) is 4.90 Å². The summed E-state index contributed by atoms with van der Waals surface area (Å²) < 4.78 is 64.7. The van der Waals surface area contributed by atoms with E-state index in [2.05, 4.69) is 5.32 Å². The number of rotatable bonds is 1. The summed E-state index contributed by atoms with van der Waals surface area (Å²) in [5, 5.41) is 2.98. The predicted molar refractivity (Wildman–Crippen MR) is 56.4 cm³/mol. The number of nitrogens with zero attached hydrogens (tertiary/aromatic N) is 1. The molecule has 1 N–H and O–H groups in total. The highest BCUT2D eigenvalue weighted by Crippen LogP contribution is 2.39. The first-order valence-corrected chi connectivity index (χ1v) is 5.42. The summed E-state index contributed by atoms with van der Waals surface area (Å²) in [6.07, 6.45) is -4.91. The molecule has 1 fully saturated rings. The molecule has 0 radical (unpaired) electrons. The van der Waals surface area contributed by atoms with Crippen LogP contribution in [0.3, 0.4) is 0 Å². The van der Waals surface area contributed by atoms with Crippen LogP contribution in [0.1, 0.15) is 5.56 Å². The predicted octanol–water partition coefficient (Wildman–Crippen LogP) is 2.39. The molecule has 1 aromatic carbocycles. The van der Waals surface area contributed by atoms with E-state index < -0.39 is 23.4 Å². The Labute approximate surface area is 100 Å². The first-order valence-electron chi connectivity index (χ1n) is 5.42. The van der Waals surface area contributed by atoms with Gasteiger partial charge >= 0.3 is 6.18 Å². The second-order valence-corrected chi connectivity index (χ2v) is 3.99. The number of hydrogen-bond donors (Lipinski definition) is 1. The van der Waals surface area contributed by atoms with Crippen molar-refractivity contribution in [1.82, 2.24) is 5.32 Å². The smallest absolute Gasteiger partial charge is 0.368 e. The van der Waals surface area contributed by atoms with Crippen molar-refractivity contribution in [1.29, 1.82) is 0 Å². The summed E-state index contributed by atoms with van der Waals surface area (Å²) in [4.78, 5) is 1.40. The van der Waals surface area contributed by atoms with Gasteiger partial charge in [0.2, 0.25) is 0 Å². The second-order valence-electron chi connectivity index (χ2n) is 3.99. The van der Waals surface area contributed by atoms with Gasteiger partial charge in [-0.2, -0.15) is 13.2 Å². The molecule has 0 amide bonds. The monoisotopic (exact) mass is 266 g/mol. The number of alkyl halides is 3. The Morgan fingerprint density at radius 2 is 1.67 bits per heavy atom. The highest BCUT2D eigenvalue weighted by atomic mass is 19.4. The molecule has 0 aromatic heterocycles. The third-order valence-electron chi connectivity index (χ3n) is 2.81. The molecule has 1 heterocycles. The first kappa shape index (κ1) is 13.1. The van der Waals surface area contributed by atoms with Gasteiger partial charge in [0.1, 0.15) is 5.56 Å². The van der Waals surface area contributed by atoms with Crippen molar-refractivity contribution in [3.05, 3.63) is 29.3 Å². The summed E-state index contributed by atoms with van der Waals surface area (Å²) >= 11 is 0. The van der Waals surface area contributed by atoms with Crippen LogP contribution in [0.4, 0.5) is 27.6 Å². The lowest BCUT2D eigenvalue weighted by molar-refractivity contribution is -0.139. The minimum Gasteiger partial charge on any atom is -0.368 e. The Morgan fingerprint density at radius 3 is 2.22 bits per heavy atom. The molecule has 0 bridgehead atoms. The van der Waals surface area contributed by atoms with Crippen LogP contribution in [0.25, 0.3) is 0 Å². The summed E-state index contributed by atoms with van der Waals surface area (Å²) in [5.74, 6) is -3.32. The molecule has 0 spiro atoms. The number of nitrogens with one attached hydrogen (secondary N) is 1. The Hall–Kier alpha value is -1.37. The van der Waals surface area contributed by atoms with E-state index in [9.17, 15) is 22.0 Å². The molecular weight excluding hydrogens is 255 g/mol. The minimum absolute atomic E-state index is 0.303. The van der Waals surface area contributed by atoms with Gasteiger partial charge in [-0.3, -0.25) is 0 Å². The van der Waals surface area contributed by atoms with Gasteiger partial charge < -0.3 is 10.2 Å². The highest BCUT2D eigenvalue weighted by molar-refractivity contribution is 5.56. The van der Waals surface area contributed by atoms with Crippen molar-refractivity contribution in [3.63, 3.8) is 0 Å². The molecule has 2 rings (SSSR count). The molecule has 1 aliphatic heterocycles. The second kappa shape index (κ2) is 4.72. The van der Waals surface area contributed by atoms with E-state index in [0.717, 1.165) is 12.1 Å². The van der Waals surface area contributed by atoms with E-state index in [0.29, 0.717) is 26.2 Å². The van der Waals surface area contributed by atoms with Crippen LogP contribution in [0.5, 0.6) is 0 Å². The molecule has 1 aliphatic rings. The van der Waals surface area contributed by atoms with E-state index >= 15 is 0 Å². The van der Waals surface area contributed by atoms with Gasteiger partial charge in [0.25, 0.3) is 0 Å². The van der Waals surface area contributed by atoms with Crippen molar-refractivity contribution >= 4 is 5.69 Å². The molecule has 0 unspecified atom stereocenters. The molecule has 1 aromatic rings. The van der Waals surface area contributed by atoms with Gasteiger partial charge in [0.05, 0.1) is 5.69 Å². The number of benzene rings is 1. The topological polar surface area (TPSA) is 15.3 Å². The zero-order chi connectivity index (χ0) is 13.3. The molecule has 100 valence electrons. The lowest BCUT2D eigenvalue weighted by Crippen LogP contribution is -2.44. The van der Waals surface area contributed by atoms with Crippen LogP contribution in [0.2, 0.25) is 0 Å². The maximum Gasteiger partial charge on any atom is 0.421 e. The summed E-state index contributed by atoms with van der Waals surface area (Å²) in [7, 11) is 0. The first-order chi connectivity index (χ1) is 8.41. The van der Waals surface area contributed by atoms with E-state index in [1.54, 1.807) is 0 Å². The quantitative estimate of drug-likeness (QED) is 0.785. The largest absolute Gasteiger partial charge is 0.421 e. The molecule has 7 heteroatoms. The summed E-state index contributed by atoms with van der Waals surface area (Å²) in [6, 6.07) is 1.70. The third-order valence-corrected chi connectivity index (χ3v) is 2.81. The minimum atomic E-state index is -4.91. The Morgan fingerprint density at radius 1 is 1.06 bits per heavy atom. The van der Waals surface area contributed by atoms with Gasteiger partial charge in [-0.1, -0.05) is 0 Å². The summed E-state index contributed by atoms with van der Waals surface area (Å²) in [5.41, 5.74) is -1.83. The van der Waals surface area contributed by atoms with Crippen molar-refractivity contribution in [2.24, 2.45) is 0 Å². The number of halogens is 5. The molecule has 0 aliphatic carbocycles. The normalized spacial score (nSPS) is 17.1. The maximum absolute atomic E-state index is 13.4. The van der Waals surface area contributed by atoms with Gasteiger partial charge in [-0.05, 0) is 12.1 Å². The maximum atomic E-state index is 13.4. The number of anilines is 1. The highest BCUT2D eigenvalue weighted by Gasteiger charge is 2.39. The fourth-order valence-electron chi connectivity index (χ4n) is 1.98.